The van der Waals surface area contributed by atoms with E-state index in [4.69, 9.17) is 6.42 Å². The molecule has 1 N–H and O–H groups in total. The number of nitro groups is 1. The van der Waals surface area contributed by atoms with Crippen molar-refractivity contribution in [2.45, 2.75) is 19.5 Å². The summed E-state index contributed by atoms with van der Waals surface area (Å²) < 4.78 is 0. The molecule has 1 aromatic heterocycles. The molecule has 4 aromatic rings. The molecular formula is C27H22N4O4. The zero-order valence-electron chi connectivity index (χ0n) is 19.0. The fourth-order valence-electron chi connectivity index (χ4n) is 3.97. The van der Waals surface area contributed by atoms with Gasteiger partial charge in [-0.1, -0.05) is 42.3 Å². The molecule has 3 aromatic carbocycles. The monoisotopic (exact) mass is 466 g/mol. The summed E-state index contributed by atoms with van der Waals surface area (Å²) in [6.45, 7) is 2.43. The van der Waals surface area contributed by atoms with Crippen LogP contribution in [0, 0.1) is 29.4 Å². The molecule has 0 aliphatic carbocycles. The Labute approximate surface area is 201 Å². The molecule has 0 bridgehead atoms. The van der Waals surface area contributed by atoms with Crippen LogP contribution in [0.4, 0.5) is 5.69 Å². The number of hydrogen-bond donors (Lipinski definition) is 1. The summed E-state index contributed by atoms with van der Waals surface area (Å²) in [6, 6.07) is 18.8. The van der Waals surface area contributed by atoms with Crippen LogP contribution in [-0.4, -0.2) is 27.2 Å². The Morgan fingerprint density at radius 2 is 1.86 bits per heavy atom. The van der Waals surface area contributed by atoms with Gasteiger partial charge in [-0.15, -0.1) is 6.42 Å². The minimum absolute atomic E-state index is 0.209. The summed E-state index contributed by atoms with van der Waals surface area (Å²) in [5.41, 5.74) is 2.57. The lowest BCUT2D eigenvalue weighted by Gasteiger charge is -2.23. The Hall–Kier alpha value is -4.77. The van der Waals surface area contributed by atoms with Crippen LogP contribution >= 0.6 is 0 Å². The Morgan fingerprint density at radius 1 is 1.14 bits per heavy atom. The van der Waals surface area contributed by atoms with Gasteiger partial charge in [0.25, 0.3) is 11.6 Å². The van der Waals surface area contributed by atoms with Crippen molar-refractivity contribution in [1.29, 1.82) is 0 Å². The lowest BCUT2D eigenvalue weighted by Crippen LogP contribution is -2.24. The normalized spacial score (nSPS) is 11.5. The number of Topliss-reactive ketones (excluding diaryl/α,β-unsaturated/α-hetero) is 1. The number of nitrogens with one attached hydrogen (secondary N) is 1. The molecule has 4 rings (SSSR count). The van der Waals surface area contributed by atoms with Crippen molar-refractivity contribution in [3.8, 4) is 12.3 Å². The lowest BCUT2D eigenvalue weighted by atomic mass is 9.97. The molecule has 8 nitrogen and oxygen atoms in total. The van der Waals surface area contributed by atoms with Gasteiger partial charge >= 0.3 is 0 Å². The number of terminal acetylenes is 1. The van der Waals surface area contributed by atoms with Gasteiger partial charge in [-0.05, 0) is 48.9 Å². The van der Waals surface area contributed by atoms with Crippen LogP contribution in [0.1, 0.15) is 33.4 Å². The number of fused-ring (bicyclic) bond motifs is 1. The highest BCUT2D eigenvalue weighted by Gasteiger charge is 2.32. The maximum absolute atomic E-state index is 12.9. The number of rotatable bonds is 8. The number of aromatic nitrogens is 2. The third-order valence-corrected chi connectivity index (χ3v) is 5.64. The molecule has 0 aliphatic rings. The summed E-state index contributed by atoms with van der Waals surface area (Å²) >= 11 is 0. The van der Waals surface area contributed by atoms with E-state index in [9.17, 15) is 19.7 Å². The first-order chi connectivity index (χ1) is 16.9. The standard InChI is InChI=1S/C27H22N4O4/c1-3-15-30(17-19-9-14-24-23(16-19)27(33)29-18(2)28-24)22-12-10-21(11-13-22)26(32)25(31(34)35)20-7-5-4-6-8-20/h1,4-14,16,25H,15,17H2,2H3,(H,28,29,33). The van der Waals surface area contributed by atoms with Crippen LogP contribution in [0.2, 0.25) is 0 Å². The topological polar surface area (TPSA) is 109 Å². The number of carbonyl (C=O) groups excluding carboxylic acids is 1. The van der Waals surface area contributed by atoms with Crippen molar-refractivity contribution in [3.05, 3.63) is 116 Å². The number of ketones is 1. The van der Waals surface area contributed by atoms with Crippen molar-refractivity contribution < 1.29 is 9.72 Å². The van der Waals surface area contributed by atoms with Gasteiger partial charge in [0.05, 0.1) is 17.4 Å². The van der Waals surface area contributed by atoms with Crippen LogP contribution in [0.15, 0.2) is 77.6 Å². The summed E-state index contributed by atoms with van der Waals surface area (Å²) in [5, 5.41) is 12.1. The second kappa shape index (κ2) is 10.0. The average Bonchev–Trinajstić information content (AvgIpc) is 2.85. The first kappa shape index (κ1) is 23.4. The van der Waals surface area contributed by atoms with Crippen molar-refractivity contribution >= 4 is 22.4 Å². The minimum atomic E-state index is -1.48. The van der Waals surface area contributed by atoms with E-state index in [1.165, 1.54) is 0 Å². The van der Waals surface area contributed by atoms with Gasteiger partial charge in [-0.25, -0.2) is 4.98 Å². The fraction of sp³-hybridized carbons (Fsp3) is 0.148. The lowest BCUT2D eigenvalue weighted by molar-refractivity contribution is -0.510. The summed E-state index contributed by atoms with van der Waals surface area (Å²) in [6.07, 6.45) is 5.58. The molecular weight excluding hydrogens is 444 g/mol. The Kier molecular flexibility index (Phi) is 6.69. The van der Waals surface area contributed by atoms with Gasteiger partial charge in [0.2, 0.25) is 5.78 Å². The molecule has 0 fully saturated rings. The molecule has 0 saturated heterocycles. The van der Waals surface area contributed by atoms with Crippen molar-refractivity contribution in [3.63, 3.8) is 0 Å². The van der Waals surface area contributed by atoms with Crippen LogP contribution in [0.3, 0.4) is 0 Å². The van der Waals surface area contributed by atoms with E-state index in [1.54, 1.807) is 73.7 Å². The molecule has 1 heterocycles. The number of aryl methyl sites for hydroxylation is 1. The SMILES string of the molecule is C#CCN(Cc1ccc2nc(C)[nH]c(=O)c2c1)c1ccc(C(=O)C(c2ccccc2)[N+](=O)[O-])cc1. The van der Waals surface area contributed by atoms with Crippen LogP contribution in [0.25, 0.3) is 10.9 Å². The van der Waals surface area contributed by atoms with Crippen LogP contribution < -0.4 is 10.5 Å². The number of H-pyrrole nitrogens is 1. The van der Waals surface area contributed by atoms with Crippen molar-refractivity contribution in [2.75, 3.05) is 11.4 Å². The number of benzene rings is 3. The number of nitrogens with zero attached hydrogens (tertiary/aromatic N) is 3. The fourth-order valence-corrected chi connectivity index (χ4v) is 3.97. The Balaban J connectivity index is 1.59. The summed E-state index contributed by atoms with van der Waals surface area (Å²) in [7, 11) is 0. The highest BCUT2D eigenvalue weighted by molar-refractivity contribution is 6.00. The molecule has 174 valence electrons. The first-order valence-electron chi connectivity index (χ1n) is 10.9. The van der Waals surface area contributed by atoms with E-state index < -0.39 is 16.7 Å². The van der Waals surface area contributed by atoms with Crippen molar-refractivity contribution in [2.24, 2.45) is 0 Å². The second-order valence-corrected chi connectivity index (χ2v) is 8.07. The van der Waals surface area contributed by atoms with Crippen LogP contribution in [0.5, 0.6) is 0 Å². The van der Waals surface area contributed by atoms with Gasteiger partial charge in [0.1, 0.15) is 5.82 Å². The molecule has 0 aliphatic heterocycles. The Bertz CT molecular complexity index is 1490. The van der Waals surface area contributed by atoms with E-state index in [2.05, 4.69) is 15.9 Å². The van der Waals surface area contributed by atoms with E-state index in [0.29, 0.717) is 28.8 Å². The van der Waals surface area contributed by atoms with E-state index in [0.717, 1.165) is 11.3 Å². The molecule has 35 heavy (non-hydrogen) atoms. The van der Waals surface area contributed by atoms with Gasteiger partial charge in [0, 0.05) is 28.3 Å². The number of aromatic amines is 1. The van der Waals surface area contributed by atoms with Gasteiger partial charge < -0.3 is 9.88 Å². The number of hydrogen-bond acceptors (Lipinski definition) is 6. The van der Waals surface area contributed by atoms with Gasteiger partial charge in [-0.2, -0.15) is 0 Å². The largest absolute Gasteiger partial charge is 0.356 e. The highest BCUT2D eigenvalue weighted by Crippen LogP contribution is 2.24. The Morgan fingerprint density at radius 3 is 2.51 bits per heavy atom. The molecule has 0 saturated carbocycles. The molecule has 0 radical (unpaired) electrons. The smallest absolute Gasteiger partial charge is 0.299 e. The maximum atomic E-state index is 12.9. The zero-order valence-corrected chi connectivity index (χ0v) is 19.0. The van der Waals surface area contributed by atoms with Gasteiger partial charge in [-0.3, -0.25) is 19.7 Å². The quantitative estimate of drug-likeness (QED) is 0.181. The van der Waals surface area contributed by atoms with E-state index in [-0.39, 0.29) is 17.7 Å². The maximum Gasteiger partial charge on any atom is 0.299 e. The third-order valence-electron chi connectivity index (χ3n) is 5.64. The van der Waals surface area contributed by atoms with Crippen molar-refractivity contribution in [1.82, 2.24) is 9.97 Å². The summed E-state index contributed by atoms with van der Waals surface area (Å²) in [4.78, 5) is 45.3. The number of carbonyl (C=O) groups is 1. The predicted octanol–water partition coefficient (Wildman–Crippen LogP) is 4.07. The first-order valence-corrected chi connectivity index (χ1v) is 10.9. The summed E-state index contributed by atoms with van der Waals surface area (Å²) in [5.74, 6) is 2.58. The third kappa shape index (κ3) is 5.09. The number of anilines is 1. The molecule has 8 heteroatoms. The zero-order chi connectivity index (χ0) is 24.9. The van der Waals surface area contributed by atoms with Crippen LogP contribution in [-0.2, 0) is 6.54 Å². The van der Waals surface area contributed by atoms with Gasteiger partial charge in [0.15, 0.2) is 0 Å². The van der Waals surface area contributed by atoms with E-state index in [1.807, 2.05) is 11.0 Å². The molecule has 1 unspecified atom stereocenters. The minimum Gasteiger partial charge on any atom is -0.356 e. The average molecular weight is 466 g/mol. The molecule has 0 spiro atoms. The molecule has 0 amide bonds. The van der Waals surface area contributed by atoms with E-state index >= 15 is 0 Å². The highest BCUT2D eigenvalue weighted by atomic mass is 16.6. The predicted molar refractivity (Wildman–Crippen MR) is 134 cm³/mol. The second-order valence-electron chi connectivity index (χ2n) is 8.07. The molecule has 1 atom stereocenters.